The topological polar surface area (TPSA) is 55.0 Å². The van der Waals surface area contributed by atoms with Crippen LogP contribution in [0.25, 0.3) is 11.3 Å². The molecule has 1 aromatic heterocycles. The molecule has 0 radical (unpaired) electrons. The Balaban J connectivity index is 1.90. The summed E-state index contributed by atoms with van der Waals surface area (Å²) in [5.41, 5.74) is 9.26. The van der Waals surface area contributed by atoms with Crippen LogP contribution in [0, 0.1) is 6.92 Å². The highest BCUT2D eigenvalue weighted by Crippen LogP contribution is 2.24. The SMILES string of the molecule is Cc1ccc(-c2ccnc(N3CCCCC3CN)n2)cc1. The molecule has 1 atom stereocenters. The predicted molar refractivity (Wildman–Crippen MR) is 86.2 cm³/mol. The second kappa shape index (κ2) is 6.22. The lowest BCUT2D eigenvalue weighted by Gasteiger charge is -2.35. The van der Waals surface area contributed by atoms with Crippen molar-refractivity contribution in [1.29, 1.82) is 0 Å². The number of rotatable bonds is 3. The van der Waals surface area contributed by atoms with Crippen molar-refractivity contribution in [2.24, 2.45) is 5.73 Å². The van der Waals surface area contributed by atoms with Gasteiger partial charge in [-0.3, -0.25) is 0 Å². The molecular weight excluding hydrogens is 260 g/mol. The van der Waals surface area contributed by atoms with Crippen molar-refractivity contribution in [3.05, 3.63) is 42.1 Å². The van der Waals surface area contributed by atoms with Gasteiger partial charge in [-0.2, -0.15) is 0 Å². The molecule has 1 unspecified atom stereocenters. The monoisotopic (exact) mass is 282 g/mol. The van der Waals surface area contributed by atoms with Gasteiger partial charge in [-0.05, 0) is 32.3 Å². The molecule has 1 aliphatic heterocycles. The van der Waals surface area contributed by atoms with E-state index in [1.54, 1.807) is 0 Å². The first-order valence-corrected chi connectivity index (χ1v) is 7.65. The zero-order chi connectivity index (χ0) is 14.7. The zero-order valence-corrected chi connectivity index (χ0v) is 12.5. The summed E-state index contributed by atoms with van der Waals surface area (Å²) in [7, 11) is 0. The van der Waals surface area contributed by atoms with Gasteiger partial charge in [0.05, 0.1) is 5.69 Å². The average Bonchev–Trinajstić information content (AvgIpc) is 2.55. The van der Waals surface area contributed by atoms with Crippen LogP contribution in [0.3, 0.4) is 0 Å². The van der Waals surface area contributed by atoms with Crippen LogP contribution in [0.2, 0.25) is 0 Å². The second-order valence-electron chi connectivity index (χ2n) is 5.69. The van der Waals surface area contributed by atoms with Crippen molar-refractivity contribution in [3.63, 3.8) is 0 Å². The lowest BCUT2D eigenvalue weighted by atomic mass is 10.0. The van der Waals surface area contributed by atoms with Crippen molar-refractivity contribution in [3.8, 4) is 11.3 Å². The minimum Gasteiger partial charge on any atom is -0.337 e. The van der Waals surface area contributed by atoms with Gasteiger partial charge < -0.3 is 10.6 Å². The molecule has 1 aliphatic rings. The fourth-order valence-corrected chi connectivity index (χ4v) is 2.88. The molecule has 0 amide bonds. The van der Waals surface area contributed by atoms with E-state index in [4.69, 9.17) is 10.7 Å². The molecule has 2 N–H and O–H groups in total. The summed E-state index contributed by atoms with van der Waals surface area (Å²) in [5.74, 6) is 0.809. The highest BCUT2D eigenvalue weighted by Gasteiger charge is 2.23. The number of aryl methyl sites for hydroxylation is 1. The molecule has 0 saturated carbocycles. The number of nitrogens with two attached hydrogens (primary N) is 1. The minimum absolute atomic E-state index is 0.368. The summed E-state index contributed by atoms with van der Waals surface area (Å²) < 4.78 is 0. The first-order chi connectivity index (χ1) is 10.3. The number of anilines is 1. The minimum atomic E-state index is 0.368. The van der Waals surface area contributed by atoms with E-state index in [1.807, 2.05) is 12.3 Å². The molecule has 1 aromatic carbocycles. The maximum Gasteiger partial charge on any atom is 0.226 e. The maximum absolute atomic E-state index is 5.90. The molecule has 2 aromatic rings. The number of hydrogen-bond donors (Lipinski definition) is 1. The molecule has 3 rings (SSSR count). The molecule has 1 fully saturated rings. The highest BCUT2D eigenvalue weighted by atomic mass is 15.3. The van der Waals surface area contributed by atoms with Gasteiger partial charge in [0.2, 0.25) is 5.95 Å². The molecule has 2 heterocycles. The summed E-state index contributed by atoms with van der Waals surface area (Å²) in [6.45, 7) is 3.76. The standard InChI is InChI=1S/C17H22N4/c1-13-5-7-14(8-6-13)16-9-10-19-17(20-16)21-11-3-2-4-15(21)12-18/h5-10,15H,2-4,11-12,18H2,1H3. The van der Waals surface area contributed by atoms with Crippen LogP contribution in [-0.2, 0) is 0 Å². The fraction of sp³-hybridized carbons (Fsp3) is 0.412. The number of nitrogens with zero attached hydrogens (tertiary/aromatic N) is 3. The van der Waals surface area contributed by atoms with E-state index < -0.39 is 0 Å². The Hall–Kier alpha value is -1.94. The van der Waals surface area contributed by atoms with Gasteiger partial charge in [0.15, 0.2) is 0 Å². The van der Waals surface area contributed by atoms with E-state index in [2.05, 4.69) is 41.1 Å². The number of hydrogen-bond acceptors (Lipinski definition) is 4. The normalized spacial score (nSPS) is 18.8. The quantitative estimate of drug-likeness (QED) is 0.940. The lowest BCUT2D eigenvalue weighted by Crippen LogP contribution is -2.45. The Kier molecular flexibility index (Phi) is 4.15. The Morgan fingerprint density at radius 3 is 2.76 bits per heavy atom. The van der Waals surface area contributed by atoms with Gasteiger partial charge in [-0.25, -0.2) is 9.97 Å². The maximum atomic E-state index is 5.90. The highest BCUT2D eigenvalue weighted by molar-refractivity contribution is 5.60. The van der Waals surface area contributed by atoms with Crippen molar-refractivity contribution in [1.82, 2.24) is 9.97 Å². The number of aromatic nitrogens is 2. The van der Waals surface area contributed by atoms with Gasteiger partial charge >= 0.3 is 0 Å². The average molecular weight is 282 g/mol. The van der Waals surface area contributed by atoms with Crippen molar-refractivity contribution < 1.29 is 0 Å². The van der Waals surface area contributed by atoms with Gasteiger partial charge in [-0.1, -0.05) is 29.8 Å². The third-order valence-corrected chi connectivity index (χ3v) is 4.15. The Morgan fingerprint density at radius 1 is 1.19 bits per heavy atom. The molecular formula is C17H22N4. The number of piperidine rings is 1. The van der Waals surface area contributed by atoms with Gasteiger partial charge in [0, 0.05) is 30.9 Å². The van der Waals surface area contributed by atoms with Crippen molar-refractivity contribution in [2.45, 2.75) is 32.2 Å². The molecule has 4 nitrogen and oxygen atoms in total. The van der Waals surface area contributed by atoms with Gasteiger partial charge in [0.25, 0.3) is 0 Å². The fourth-order valence-electron chi connectivity index (χ4n) is 2.88. The summed E-state index contributed by atoms with van der Waals surface area (Å²) in [5, 5.41) is 0. The van der Waals surface area contributed by atoms with Gasteiger partial charge in [0.1, 0.15) is 0 Å². The summed E-state index contributed by atoms with van der Waals surface area (Å²) >= 11 is 0. The van der Waals surface area contributed by atoms with Crippen LogP contribution in [0.1, 0.15) is 24.8 Å². The Bertz CT molecular complexity index is 594. The third-order valence-electron chi connectivity index (χ3n) is 4.15. The van der Waals surface area contributed by atoms with Crippen LogP contribution in [0.5, 0.6) is 0 Å². The third kappa shape index (κ3) is 3.05. The molecule has 0 bridgehead atoms. The van der Waals surface area contributed by atoms with E-state index in [1.165, 1.54) is 18.4 Å². The van der Waals surface area contributed by atoms with Crippen LogP contribution >= 0.6 is 0 Å². The summed E-state index contributed by atoms with van der Waals surface area (Å²) in [6.07, 6.45) is 5.42. The largest absolute Gasteiger partial charge is 0.337 e. The first kappa shape index (κ1) is 14.0. The van der Waals surface area contributed by atoms with E-state index in [0.29, 0.717) is 12.6 Å². The Morgan fingerprint density at radius 2 is 2.00 bits per heavy atom. The van der Waals surface area contributed by atoms with Crippen LogP contribution in [0.4, 0.5) is 5.95 Å². The summed E-state index contributed by atoms with van der Waals surface area (Å²) in [6, 6.07) is 10.8. The van der Waals surface area contributed by atoms with E-state index in [9.17, 15) is 0 Å². The Labute approximate surface area is 126 Å². The molecule has 0 spiro atoms. The smallest absolute Gasteiger partial charge is 0.226 e. The molecule has 1 saturated heterocycles. The first-order valence-electron chi connectivity index (χ1n) is 7.65. The van der Waals surface area contributed by atoms with Crippen LogP contribution in [0.15, 0.2) is 36.5 Å². The van der Waals surface area contributed by atoms with Crippen LogP contribution in [-0.4, -0.2) is 29.1 Å². The van der Waals surface area contributed by atoms with E-state index in [-0.39, 0.29) is 0 Å². The van der Waals surface area contributed by atoms with E-state index >= 15 is 0 Å². The zero-order valence-electron chi connectivity index (χ0n) is 12.5. The number of benzene rings is 1. The second-order valence-corrected chi connectivity index (χ2v) is 5.69. The summed E-state index contributed by atoms with van der Waals surface area (Å²) in [4.78, 5) is 11.5. The van der Waals surface area contributed by atoms with Crippen molar-refractivity contribution >= 4 is 5.95 Å². The van der Waals surface area contributed by atoms with E-state index in [0.717, 1.165) is 30.2 Å². The molecule has 21 heavy (non-hydrogen) atoms. The molecule has 110 valence electrons. The van der Waals surface area contributed by atoms with Crippen LogP contribution < -0.4 is 10.6 Å². The predicted octanol–water partition coefficient (Wildman–Crippen LogP) is 2.77. The lowest BCUT2D eigenvalue weighted by molar-refractivity contribution is 0.458. The van der Waals surface area contributed by atoms with Crippen molar-refractivity contribution in [2.75, 3.05) is 18.0 Å². The van der Waals surface area contributed by atoms with Gasteiger partial charge in [-0.15, -0.1) is 0 Å². The molecule has 0 aliphatic carbocycles. The molecule has 4 heteroatoms.